The number of rotatable bonds is 4. The molecule has 1 aliphatic heterocycles. The summed E-state index contributed by atoms with van der Waals surface area (Å²) in [7, 11) is 0. The smallest absolute Gasteiger partial charge is 0.0725 e. The van der Waals surface area contributed by atoms with E-state index in [4.69, 9.17) is 4.74 Å². The van der Waals surface area contributed by atoms with E-state index >= 15 is 0 Å². The van der Waals surface area contributed by atoms with Crippen LogP contribution in [0.15, 0.2) is 40.9 Å². The Morgan fingerprint density at radius 2 is 2.00 bits per heavy atom. The van der Waals surface area contributed by atoms with E-state index in [-0.39, 0.29) is 6.04 Å². The first-order valence-electron chi connectivity index (χ1n) is 7.07. The van der Waals surface area contributed by atoms with Gasteiger partial charge >= 0.3 is 0 Å². The van der Waals surface area contributed by atoms with E-state index in [1.807, 2.05) is 0 Å². The standard InChI is InChI=1S/C17H17BrINO/c1-2-20-17(15-8-14(18)5-6-16(15)19)11-3-4-12-9-21-10-13(12)7-11/h3-8,17,20H,2,9-10H2,1H3. The first kappa shape index (κ1) is 15.5. The Labute approximate surface area is 147 Å². The molecule has 2 aromatic rings. The molecule has 110 valence electrons. The van der Waals surface area contributed by atoms with Crippen LogP contribution in [0.3, 0.4) is 0 Å². The van der Waals surface area contributed by atoms with Gasteiger partial charge in [0.05, 0.1) is 19.3 Å². The van der Waals surface area contributed by atoms with Gasteiger partial charge in [-0.15, -0.1) is 0 Å². The fourth-order valence-electron chi connectivity index (χ4n) is 2.72. The molecule has 1 unspecified atom stereocenters. The highest BCUT2D eigenvalue weighted by molar-refractivity contribution is 14.1. The molecule has 0 amide bonds. The molecule has 1 atom stereocenters. The Kier molecular flexibility index (Phi) is 4.99. The summed E-state index contributed by atoms with van der Waals surface area (Å²) in [5.74, 6) is 0. The lowest BCUT2D eigenvalue weighted by Crippen LogP contribution is -2.23. The third-order valence-corrected chi connectivity index (χ3v) is 5.23. The minimum Gasteiger partial charge on any atom is -0.372 e. The van der Waals surface area contributed by atoms with Crippen molar-refractivity contribution in [2.75, 3.05) is 6.54 Å². The maximum absolute atomic E-state index is 5.53. The van der Waals surface area contributed by atoms with E-state index in [2.05, 4.69) is 87.2 Å². The molecule has 1 heterocycles. The summed E-state index contributed by atoms with van der Waals surface area (Å²) in [6, 6.07) is 13.4. The Hall–Kier alpha value is -0.430. The van der Waals surface area contributed by atoms with Crippen molar-refractivity contribution >= 4 is 38.5 Å². The zero-order chi connectivity index (χ0) is 14.8. The maximum atomic E-state index is 5.53. The van der Waals surface area contributed by atoms with Crippen LogP contribution in [0.4, 0.5) is 0 Å². The van der Waals surface area contributed by atoms with Gasteiger partial charge in [0.15, 0.2) is 0 Å². The van der Waals surface area contributed by atoms with E-state index in [0.717, 1.165) is 24.2 Å². The second-order valence-electron chi connectivity index (χ2n) is 5.18. The van der Waals surface area contributed by atoms with Crippen molar-refractivity contribution in [2.24, 2.45) is 0 Å². The molecule has 2 nitrogen and oxygen atoms in total. The number of hydrogen-bond donors (Lipinski definition) is 1. The Morgan fingerprint density at radius 1 is 1.19 bits per heavy atom. The molecule has 0 aromatic heterocycles. The van der Waals surface area contributed by atoms with Crippen molar-refractivity contribution in [1.82, 2.24) is 5.32 Å². The van der Waals surface area contributed by atoms with Gasteiger partial charge in [-0.2, -0.15) is 0 Å². The van der Waals surface area contributed by atoms with Crippen LogP contribution in [0.1, 0.15) is 35.2 Å². The van der Waals surface area contributed by atoms with Gasteiger partial charge in [-0.1, -0.05) is 41.1 Å². The van der Waals surface area contributed by atoms with Gasteiger partial charge in [0.1, 0.15) is 0 Å². The van der Waals surface area contributed by atoms with Gasteiger partial charge in [0.2, 0.25) is 0 Å². The lowest BCUT2D eigenvalue weighted by atomic mass is 9.95. The molecule has 0 aliphatic carbocycles. The first-order valence-corrected chi connectivity index (χ1v) is 8.94. The number of nitrogens with one attached hydrogen (secondary N) is 1. The normalized spacial score (nSPS) is 15.0. The van der Waals surface area contributed by atoms with Gasteiger partial charge in [-0.3, -0.25) is 0 Å². The largest absolute Gasteiger partial charge is 0.372 e. The third-order valence-electron chi connectivity index (χ3n) is 3.76. The molecule has 4 heteroatoms. The monoisotopic (exact) mass is 457 g/mol. The average Bonchev–Trinajstić information content (AvgIpc) is 2.95. The summed E-state index contributed by atoms with van der Waals surface area (Å²) < 4.78 is 7.92. The lowest BCUT2D eigenvalue weighted by Gasteiger charge is -2.21. The molecule has 0 bridgehead atoms. The Balaban J connectivity index is 2.03. The molecule has 3 rings (SSSR count). The highest BCUT2D eigenvalue weighted by atomic mass is 127. The third kappa shape index (κ3) is 3.33. The quantitative estimate of drug-likeness (QED) is 0.667. The Bertz CT molecular complexity index is 659. The molecular formula is C17H17BrINO. The summed E-state index contributed by atoms with van der Waals surface area (Å²) in [5.41, 5.74) is 5.25. The topological polar surface area (TPSA) is 21.3 Å². The first-order chi connectivity index (χ1) is 10.2. The van der Waals surface area contributed by atoms with Crippen molar-refractivity contribution in [3.63, 3.8) is 0 Å². The van der Waals surface area contributed by atoms with Crippen LogP contribution in [-0.4, -0.2) is 6.54 Å². The van der Waals surface area contributed by atoms with Crippen LogP contribution in [0, 0.1) is 3.57 Å². The van der Waals surface area contributed by atoms with Crippen LogP contribution in [0.2, 0.25) is 0 Å². The molecule has 0 radical (unpaired) electrons. The minimum atomic E-state index is 0.213. The van der Waals surface area contributed by atoms with Crippen LogP contribution in [0.25, 0.3) is 0 Å². The van der Waals surface area contributed by atoms with Gasteiger partial charge in [-0.05, 0) is 69.6 Å². The second-order valence-corrected chi connectivity index (χ2v) is 7.26. The summed E-state index contributed by atoms with van der Waals surface area (Å²) in [5, 5.41) is 3.61. The number of ether oxygens (including phenoxy) is 1. The fourth-order valence-corrected chi connectivity index (χ4v) is 3.74. The molecule has 0 fully saturated rings. The van der Waals surface area contributed by atoms with Gasteiger partial charge < -0.3 is 10.1 Å². The highest BCUT2D eigenvalue weighted by Gasteiger charge is 2.19. The zero-order valence-electron chi connectivity index (χ0n) is 11.8. The number of hydrogen-bond acceptors (Lipinski definition) is 2. The van der Waals surface area contributed by atoms with E-state index < -0.39 is 0 Å². The molecule has 0 saturated heterocycles. The summed E-state index contributed by atoms with van der Waals surface area (Å²) in [6.07, 6.45) is 0. The highest BCUT2D eigenvalue weighted by Crippen LogP contribution is 2.31. The lowest BCUT2D eigenvalue weighted by molar-refractivity contribution is 0.134. The van der Waals surface area contributed by atoms with Gasteiger partial charge in [-0.25, -0.2) is 0 Å². The predicted octanol–water partition coefficient (Wildman–Crippen LogP) is 4.78. The van der Waals surface area contributed by atoms with Crippen LogP contribution in [-0.2, 0) is 18.0 Å². The van der Waals surface area contributed by atoms with E-state index in [1.165, 1.54) is 25.8 Å². The van der Waals surface area contributed by atoms with E-state index in [0.29, 0.717) is 0 Å². The molecule has 1 aliphatic rings. The van der Waals surface area contributed by atoms with Crippen LogP contribution >= 0.6 is 38.5 Å². The zero-order valence-corrected chi connectivity index (χ0v) is 15.6. The minimum absolute atomic E-state index is 0.213. The number of benzene rings is 2. The van der Waals surface area contributed by atoms with Crippen molar-refractivity contribution in [1.29, 1.82) is 0 Å². The van der Waals surface area contributed by atoms with E-state index in [1.54, 1.807) is 0 Å². The second kappa shape index (κ2) is 6.77. The van der Waals surface area contributed by atoms with Crippen molar-refractivity contribution in [3.05, 3.63) is 66.7 Å². The number of halogens is 2. The average molecular weight is 458 g/mol. The fraction of sp³-hybridized carbons (Fsp3) is 0.294. The van der Waals surface area contributed by atoms with E-state index in [9.17, 15) is 0 Å². The molecule has 0 spiro atoms. The molecule has 2 aromatic carbocycles. The van der Waals surface area contributed by atoms with Crippen molar-refractivity contribution in [3.8, 4) is 0 Å². The summed E-state index contributed by atoms with van der Waals surface area (Å²) in [6.45, 7) is 4.56. The molecule has 21 heavy (non-hydrogen) atoms. The van der Waals surface area contributed by atoms with Crippen LogP contribution in [0.5, 0.6) is 0 Å². The summed E-state index contributed by atoms with van der Waals surface area (Å²) in [4.78, 5) is 0. The SMILES string of the molecule is CCNC(c1ccc2c(c1)COC2)c1cc(Br)ccc1I. The Morgan fingerprint density at radius 3 is 2.81 bits per heavy atom. The van der Waals surface area contributed by atoms with Crippen LogP contribution < -0.4 is 5.32 Å². The van der Waals surface area contributed by atoms with Crippen molar-refractivity contribution < 1.29 is 4.74 Å². The van der Waals surface area contributed by atoms with Gasteiger partial charge in [0.25, 0.3) is 0 Å². The van der Waals surface area contributed by atoms with Gasteiger partial charge in [0, 0.05) is 8.04 Å². The molecule has 0 saturated carbocycles. The molecule has 1 N–H and O–H groups in total. The maximum Gasteiger partial charge on any atom is 0.0725 e. The van der Waals surface area contributed by atoms with Crippen molar-refractivity contribution in [2.45, 2.75) is 26.2 Å². The molecular weight excluding hydrogens is 441 g/mol. The summed E-state index contributed by atoms with van der Waals surface area (Å²) >= 11 is 6.00. The number of fused-ring (bicyclic) bond motifs is 1. The predicted molar refractivity (Wildman–Crippen MR) is 97.3 cm³/mol.